The Morgan fingerprint density at radius 2 is 1.95 bits per heavy atom. The average molecular weight is 315 g/mol. The summed E-state index contributed by atoms with van der Waals surface area (Å²) in [5.41, 5.74) is 0. The molecule has 0 aromatic rings. The molecule has 2 aliphatic rings. The lowest BCUT2D eigenvalue weighted by Crippen LogP contribution is -2.39. The van der Waals surface area contributed by atoms with E-state index >= 15 is 0 Å². The Balaban J connectivity index is 0.00000200. The molecule has 0 radical (unpaired) electrons. The van der Waals surface area contributed by atoms with Crippen molar-refractivity contribution in [2.75, 3.05) is 19.6 Å². The van der Waals surface area contributed by atoms with Crippen LogP contribution in [-0.4, -0.2) is 42.7 Å². The fourth-order valence-electron chi connectivity index (χ4n) is 2.46. The predicted octanol–water partition coefficient (Wildman–Crippen LogP) is 2.74. The molecule has 1 amide bonds. The van der Waals surface area contributed by atoms with Crippen LogP contribution in [0.2, 0.25) is 0 Å². The second-order valence-corrected chi connectivity index (χ2v) is 5.65. The Labute approximate surface area is 123 Å². The lowest BCUT2D eigenvalue weighted by molar-refractivity contribution is -0.145. The van der Waals surface area contributed by atoms with Gasteiger partial charge in [-0.25, -0.2) is 0 Å². The number of halogens is 4. The summed E-state index contributed by atoms with van der Waals surface area (Å²) >= 11 is 0. The van der Waals surface area contributed by atoms with E-state index < -0.39 is 12.6 Å². The highest BCUT2D eigenvalue weighted by atomic mass is 35.5. The second-order valence-electron chi connectivity index (χ2n) is 5.65. The van der Waals surface area contributed by atoms with Crippen LogP contribution < -0.4 is 5.32 Å². The van der Waals surface area contributed by atoms with Gasteiger partial charge in [-0.1, -0.05) is 0 Å². The number of rotatable bonds is 6. The maximum atomic E-state index is 12.3. The van der Waals surface area contributed by atoms with Crippen LogP contribution in [0, 0.1) is 5.92 Å². The van der Waals surface area contributed by atoms with Gasteiger partial charge >= 0.3 is 6.18 Å². The van der Waals surface area contributed by atoms with Crippen molar-refractivity contribution in [2.24, 2.45) is 5.92 Å². The van der Waals surface area contributed by atoms with Gasteiger partial charge in [-0.3, -0.25) is 4.79 Å². The summed E-state index contributed by atoms with van der Waals surface area (Å²) in [5.74, 6) is 0.296. The fourth-order valence-corrected chi connectivity index (χ4v) is 2.46. The molecule has 1 atom stereocenters. The van der Waals surface area contributed by atoms with Crippen molar-refractivity contribution in [3.63, 3.8) is 0 Å². The zero-order chi connectivity index (χ0) is 13.9. The maximum Gasteiger partial charge on any atom is 0.390 e. The van der Waals surface area contributed by atoms with E-state index in [1.54, 1.807) is 0 Å². The Bertz CT molecular complexity index is 315. The molecule has 1 N–H and O–H groups in total. The summed E-state index contributed by atoms with van der Waals surface area (Å²) in [6.45, 7) is 1.22. The summed E-state index contributed by atoms with van der Waals surface area (Å²) in [6, 6.07) is 0.153. The molecule has 1 aliphatic heterocycles. The van der Waals surface area contributed by atoms with E-state index in [0.717, 1.165) is 32.2 Å². The van der Waals surface area contributed by atoms with Gasteiger partial charge in [-0.05, 0) is 38.1 Å². The molecule has 2 fully saturated rings. The van der Waals surface area contributed by atoms with Crippen LogP contribution in [0.1, 0.15) is 38.5 Å². The number of nitrogens with zero attached hydrogens (tertiary/aromatic N) is 1. The van der Waals surface area contributed by atoms with Crippen LogP contribution >= 0.6 is 12.4 Å². The normalized spacial score (nSPS) is 22.4. The lowest BCUT2D eigenvalue weighted by atomic mass is 10.1. The van der Waals surface area contributed by atoms with E-state index in [-0.39, 0.29) is 30.9 Å². The van der Waals surface area contributed by atoms with Gasteiger partial charge in [0.15, 0.2) is 0 Å². The monoisotopic (exact) mass is 314 g/mol. The van der Waals surface area contributed by atoms with Crippen molar-refractivity contribution in [1.82, 2.24) is 10.2 Å². The first-order valence-corrected chi connectivity index (χ1v) is 7.02. The smallest absolute Gasteiger partial charge is 0.342 e. The highest BCUT2D eigenvalue weighted by Gasteiger charge is 2.32. The molecule has 2 rings (SSSR count). The Kier molecular flexibility index (Phi) is 6.58. The molecule has 0 spiro atoms. The van der Waals surface area contributed by atoms with E-state index in [1.807, 2.05) is 0 Å². The molecule has 1 aliphatic carbocycles. The van der Waals surface area contributed by atoms with Crippen LogP contribution in [0.15, 0.2) is 0 Å². The van der Waals surface area contributed by atoms with E-state index in [9.17, 15) is 18.0 Å². The number of alkyl halides is 3. The molecular weight excluding hydrogens is 293 g/mol. The first-order chi connectivity index (χ1) is 8.94. The van der Waals surface area contributed by atoms with Gasteiger partial charge in [0, 0.05) is 25.6 Å². The zero-order valence-electron chi connectivity index (χ0n) is 11.4. The molecular formula is C13H22ClF3N2O. The van der Waals surface area contributed by atoms with Crippen LogP contribution in [0.25, 0.3) is 0 Å². The Morgan fingerprint density at radius 1 is 1.25 bits per heavy atom. The highest BCUT2D eigenvalue weighted by molar-refractivity contribution is 5.85. The number of carbonyl (C=O) groups is 1. The van der Waals surface area contributed by atoms with Crippen LogP contribution in [0.5, 0.6) is 0 Å². The summed E-state index contributed by atoms with van der Waals surface area (Å²) in [7, 11) is 0. The number of carbonyl (C=O) groups excluding carboxylic acids is 1. The average Bonchev–Trinajstić information content (AvgIpc) is 2.99. The lowest BCUT2D eigenvalue weighted by Gasteiger charge is -2.24. The molecule has 0 bridgehead atoms. The van der Waals surface area contributed by atoms with E-state index in [1.165, 1.54) is 4.90 Å². The quantitative estimate of drug-likeness (QED) is 0.817. The van der Waals surface area contributed by atoms with E-state index in [4.69, 9.17) is 0 Å². The van der Waals surface area contributed by atoms with Gasteiger partial charge in [0.05, 0.1) is 6.42 Å². The van der Waals surface area contributed by atoms with Gasteiger partial charge in [-0.15, -0.1) is 12.4 Å². The summed E-state index contributed by atoms with van der Waals surface area (Å²) in [5, 5.41) is 3.21. The number of hydrogen-bond donors (Lipinski definition) is 1. The second kappa shape index (κ2) is 7.50. The van der Waals surface area contributed by atoms with Gasteiger partial charge < -0.3 is 10.2 Å². The highest BCUT2D eigenvalue weighted by Crippen LogP contribution is 2.31. The summed E-state index contributed by atoms with van der Waals surface area (Å²) < 4.78 is 36.9. The predicted molar refractivity (Wildman–Crippen MR) is 72.9 cm³/mol. The third-order valence-electron chi connectivity index (χ3n) is 3.78. The van der Waals surface area contributed by atoms with Crippen LogP contribution in [0.4, 0.5) is 13.2 Å². The van der Waals surface area contributed by atoms with Gasteiger partial charge in [-0.2, -0.15) is 13.2 Å². The van der Waals surface area contributed by atoms with Crippen molar-refractivity contribution >= 4 is 18.3 Å². The minimum atomic E-state index is -4.19. The van der Waals surface area contributed by atoms with Gasteiger partial charge in [0.1, 0.15) is 0 Å². The van der Waals surface area contributed by atoms with Crippen molar-refractivity contribution in [2.45, 2.75) is 50.7 Å². The first kappa shape index (κ1) is 17.6. The minimum absolute atomic E-state index is 0. The van der Waals surface area contributed by atoms with E-state index in [2.05, 4.69) is 5.32 Å². The SMILES string of the molecule is Cl.O=C(CC1CCCN1)N(CCC(F)(F)F)CC1CC1. The van der Waals surface area contributed by atoms with Crippen molar-refractivity contribution in [3.05, 3.63) is 0 Å². The Morgan fingerprint density at radius 3 is 2.45 bits per heavy atom. The largest absolute Gasteiger partial charge is 0.390 e. The molecule has 7 heteroatoms. The number of hydrogen-bond acceptors (Lipinski definition) is 2. The molecule has 0 aromatic heterocycles. The zero-order valence-corrected chi connectivity index (χ0v) is 12.2. The van der Waals surface area contributed by atoms with Gasteiger partial charge in [0.25, 0.3) is 0 Å². The maximum absolute atomic E-state index is 12.3. The van der Waals surface area contributed by atoms with Crippen LogP contribution in [0.3, 0.4) is 0 Å². The third kappa shape index (κ3) is 6.31. The molecule has 3 nitrogen and oxygen atoms in total. The van der Waals surface area contributed by atoms with Crippen LogP contribution in [-0.2, 0) is 4.79 Å². The molecule has 1 saturated heterocycles. The first-order valence-electron chi connectivity index (χ1n) is 7.02. The van der Waals surface area contributed by atoms with Crippen molar-refractivity contribution in [1.29, 1.82) is 0 Å². The molecule has 118 valence electrons. The standard InChI is InChI=1S/C13H21F3N2O.ClH/c14-13(15,16)5-7-18(9-10-3-4-10)12(19)8-11-2-1-6-17-11;/h10-11,17H,1-9H2;1H. The van der Waals surface area contributed by atoms with E-state index in [0.29, 0.717) is 18.9 Å². The number of nitrogens with one attached hydrogen (secondary N) is 1. The molecule has 0 aromatic carbocycles. The summed E-state index contributed by atoms with van der Waals surface area (Å²) in [6.07, 6.45) is -0.678. The van der Waals surface area contributed by atoms with Crippen molar-refractivity contribution in [3.8, 4) is 0 Å². The van der Waals surface area contributed by atoms with Gasteiger partial charge in [0.2, 0.25) is 5.91 Å². The minimum Gasteiger partial charge on any atom is -0.342 e. The van der Waals surface area contributed by atoms with Crippen molar-refractivity contribution < 1.29 is 18.0 Å². The topological polar surface area (TPSA) is 32.3 Å². The molecule has 1 saturated carbocycles. The molecule has 20 heavy (non-hydrogen) atoms. The molecule has 1 unspecified atom stereocenters. The summed E-state index contributed by atoms with van der Waals surface area (Å²) in [4.78, 5) is 13.5. The Hall–Kier alpha value is -0.490. The number of amides is 1. The molecule has 1 heterocycles. The third-order valence-corrected chi connectivity index (χ3v) is 3.78. The fraction of sp³-hybridized carbons (Fsp3) is 0.923.